The summed E-state index contributed by atoms with van der Waals surface area (Å²) < 4.78 is 38.1. The Morgan fingerprint density at radius 1 is 1.19 bits per heavy atom. The van der Waals surface area contributed by atoms with Crippen LogP contribution in [-0.4, -0.2) is 34.1 Å². The van der Waals surface area contributed by atoms with E-state index in [1.54, 1.807) is 17.0 Å². The lowest BCUT2D eigenvalue weighted by Gasteiger charge is -2.19. The number of nitrogens with zero attached hydrogens (tertiary/aromatic N) is 3. The molecule has 27 heavy (non-hydrogen) atoms. The number of nitrogens with one attached hydrogen (secondary N) is 1. The Morgan fingerprint density at radius 2 is 1.96 bits per heavy atom. The van der Waals surface area contributed by atoms with E-state index < -0.39 is 23.2 Å². The van der Waals surface area contributed by atoms with Crippen LogP contribution in [0.5, 0.6) is 0 Å². The van der Waals surface area contributed by atoms with Crippen molar-refractivity contribution in [2.45, 2.75) is 19.9 Å². The molecule has 3 rings (SSSR count). The molecule has 1 amide bonds. The van der Waals surface area contributed by atoms with E-state index >= 15 is 0 Å². The SMILES string of the molecule is CCCN(CC(=O)Nc1c(F)cccc1F)Cc1nnc(-c2ccco2)o1. The van der Waals surface area contributed by atoms with Crippen LogP contribution >= 0.6 is 0 Å². The van der Waals surface area contributed by atoms with Gasteiger partial charge < -0.3 is 14.2 Å². The summed E-state index contributed by atoms with van der Waals surface area (Å²) in [6.45, 7) is 2.64. The van der Waals surface area contributed by atoms with Gasteiger partial charge in [-0.2, -0.15) is 0 Å². The predicted octanol–water partition coefficient (Wildman–Crippen LogP) is 3.46. The molecule has 0 unspecified atom stereocenters. The molecule has 1 aromatic carbocycles. The van der Waals surface area contributed by atoms with Crippen LogP contribution < -0.4 is 5.32 Å². The normalized spacial score (nSPS) is 11.1. The van der Waals surface area contributed by atoms with Crippen LogP contribution in [0.15, 0.2) is 45.4 Å². The molecule has 1 N–H and O–H groups in total. The van der Waals surface area contributed by atoms with Crippen molar-refractivity contribution in [3.05, 3.63) is 54.1 Å². The molecule has 0 fully saturated rings. The Labute approximate surface area is 154 Å². The summed E-state index contributed by atoms with van der Waals surface area (Å²) >= 11 is 0. The topological polar surface area (TPSA) is 84.4 Å². The molecular formula is C18H18F2N4O3. The summed E-state index contributed by atoms with van der Waals surface area (Å²) in [6, 6.07) is 6.79. The Bertz CT molecular complexity index is 876. The van der Waals surface area contributed by atoms with E-state index in [2.05, 4.69) is 15.5 Å². The lowest BCUT2D eigenvalue weighted by Crippen LogP contribution is -2.34. The first-order chi connectivity index (χ1) is 13.1. The first-order valence-electron chi connectivity index (χ1n) is 8.39. The zero-order chi connectivity index (χ0) is 19.2. The summed E-state index contributed by atoms with van der Waals surface area (Å²) in [5.41, 5.74) is -0.461. The minimum absolute atomic E-state index is 0.0833. The lowest BCUT2D eigenvalue weighted by molar-refractivity contribution is -0.117. The van der Waals surface area contributed by atoms with E-state index in [9.17, 15) is 13.6 Å². The smallest absolute Gasteiger partial charge is 0.283 e. The van der Waals surface area contributed by atoms with Crippen LogP contribution in [0.25, 0.3) is 11.7 Å². The number of hydrogen-bond acceptors (Lipinski definition) is 6. The van der Waals surface area contributed by atoms with Gasteiger partial charge in [0.15, 0.2) is 5.76 Å². The first kappa shape index (κ1) is 18.7. The molecule has 0 saturated heterocycles. The van der Waals surface area contributed by atoms with Crippen molar-refractivity contribution in [2.75, 3.05) is 18.4 Å². The maximum Gasteiger partial charge on any atom is 0.283 e. The fourth-order valence-corrected chi connectivity index (χ4v) is 2.54. The van der Waals surface area contributed by atoms with Gasteiger partial charge in [-0.25, -0.2) is 8.78 Å². The number of carbonyl (C=O) groups is 1. The fourth-order valence-electron chi connectivity index (χ4n) is 2.54. The van der Waals surface area contributed by atoms with Gasteiger partial charge in [0.25, 0.3) is 5.89 Å². The first-order valence-corrected chi connectivity index (χ1v) is 8.39. The number of furan rings is 1. The highest BCUT2D eigenvalue weighted by Gasteiger charge is 2.18. The standard InChI is InChI=1S/C18H18F2N4O3/c1-2-8-24(10-15(25)21-17-12(19)5-3-6-13(17)20)11-16-22-23-18(27-16)14-7-4-9-26-14/h3-7,9H,2,8,10-11H2,1H3,(H,21,25). The molecule has 9 heteroatoms. The minimum atomic E-state index is -0.828. The molecule has 2 aromatic heterocycles. The Morgan fingerprint density at radius 3 is 2.63 bits per heavy atom. The van der Waals surface area contributed by atoms with Gasteiger partial charge in [0.1, 0.15) is 17.3 Å². The Hall–Kier alpha value is -3.07. The third-order valence-electron chi connectivity index (χ3n) is 3.69. The molecule has 2 heterocycles. The number of halogens is 2. The number of rotatable bonds is 8. The summed E-state index contributed by atoms with van der Waals surface area (Å²) in [7, 11) is 0. The average molecular weight is 376 g/mol. The van der Waals surface area contributed by atoms with Gasteiger partial charge in [0.2, 0.25) is 11.8 Å². The van der Waals surface area contributed by atoms with Gasteiger partial charge in [0.05, 0.1) is 19.4 Å². The second-order valence-electron chi connectivity index (χ2n) is 5.83. The average Bonchev–Trinajstić information content (AvgIpc) is 3.30. The lowest BCUT2D eigenvalue weighted by atomic mass is 10.3. The Balaban J connectivity index is 1.64. The zero-order valence-corrected chi connectivity index (χ0v) is 14.6. The van der Waals surface area contributed by atoms with Crippen molar-refractivity contribution in [3.63, 3.8) is 0 Å². The predicted molar refractivity (Wildman–Crippen MR) is 92.6 cm³/mol. The van der Waals surface area contributed by atoms with E-state index in [0.29, 0.717) is 18.2 Å². The maximum absolute atomic E-state index is 13.7. The molecule has 0 saturated carbocycles. The molecule has 0 radical (unpaired) electrons. The summed E-state index contributed by atoms with van der Waals surface area (Å²) in [5.74, 6) is -1.21. The van der Waals surface area contributed by atoms with Gasteiger partial charge >= 0.3 is 0 Å². The second kappa shape index (κ2) is 8.54. The largest absolute Gasteiger partial charge is 0.459 e. The second-order valence-corrected chi connectivity index (χ2v) is 5.83. The molecule has 0 atom stereocenters. The molecule has 0 aliphatic heterocycles. The van der Waals surface area contributed by atoms with Crippen LogP contribution in [0.3, 0.4) is 0 Å². The van der Waals surface area contributed by atoms with E-state index in [0.717, 1.165) is 18.6 Å². The number of hydrogen-bond donors (Lipinski definition) is 1. The molecular weight excluding hydrogens is 358 g/mol. The molecule has 0 spiro atoms. The highest BCUT2D eigenvalue weighted by atomic mass is 19.1. The summed E-state index contributed by atoms with van der Waals surface area (Å²) in [5, 5.41) is 10.1. The maximum atomic E-state index is 13.7. The van der Waals surface area contributed by atoms with Gasteiger partial charge in [-0.15, -0.1) is 10.2 Å². The van der Waals surface area contributed by atoms with Gasteiger partial charge in [-0.05, 0) is 37.2 Å². The number of anilines is 1. The van der Waals surface area contributed by atoms with E-state index in [1.165, 1.54) is 12.3 Å². The third kappa shape index (κ3) is 4.76. The highest BCUT2D eigenvalue weighted by Crippen LogP contribution is 2.19. The molecule has 7 nitrogen and oxygen atoms in total. The van der Waals surface area contributed by atoms with Crippen LogP contribution in [0.1, 0.15) is 19.2 Å². The Kier molecular flexibility index (Phi) is 5.92. The van der Waals surface area contributed by atoms with Crippen LogP contribution in [-0.2, 0) is 11.3 Å². The third-order valence-corrected chi connectivity index (χ3v) is 3.69. The van der Waals surface area contributed by atoms with Crippen molar-refractivity contribution in [3.8, 4) is 11.7 Å². The van der Waals surface area contributed by atoms with Gasteiger partial charge in [-0.3, -0.25) is 9.69 Å². The van der Waals surface area contributed by atoms with Crippen molar-refractivity contribution in [2.24, 2.45) is 0 Å². The molecule has 0 aliphatic carbocycles. The quantitative estimate of drug-likeness (QED) is 0.648. The van der Waals surface area contributed by atoms with E-state index in [4.69, 9.17) is 8.83 Å². The monoisotopic (exact) mass is 376 g/mol. The number of carbonyl (C=O) groups excluding carboxylic acids is 1. The van der Waals surface area contributed by atoms with Crippen molar-refractivity contribution >= 4 is 11.6 Å². The van der Waals surface area contributed by atoms with Crippen LogP contribution in [0, 0.1) is 11.6 Å². The molecule has 0 bridgehead atoms. The van der Waals surface area contributed by atoms with Crippen molar-refractivity contribution < 1.29 is 22.4 Å². The summed E-state index contributed by atoms with van der Waals surface area (Å²) in [6.07, 6.45) is 2.26. The zero-order valence-electron chi connectivity index (χ0n) is 14.6. The van der Waals surface area contributed by atoms with Gasteiger partial charge in [0, 0.05) is 0 Å². The number of aromatic nitrogens is 2. The molecule has 0 aliphatic rings. The van der Waals surface area contributed by atoms with E-state index in [1.807, 2.05) is 6.92 Å². The van der Waals surface area contributed by atoms with Crippen molar-refractivity contribution in [1.82, 2.24) is 15.1 Å². The van der Waals surface area contributed by atoms with Gasteiger partial charge in [-0.1, -0.05) is 13.0 Å². The van der Waals surface area contributed by atoms with Crippen molar-refractivity contribution in [1.29, 1.82) is 0 Å². The number of para-hydroxylation sites is 1. The highest BCUT2D eigenvalue weighted by molar-refractivity contribution is 5.92. The van der Waals surface area contributed by atoms with E-state index in [-0.39, 0.29) is 19.0 Å². The fraction of sp³-hybridized carbons (Fsp3) is 0.278. The molecule has 142 valence electrons. The minimum Gasteiger partial charge on any atom is -0.459 e. The molecule has 3 aromatic rings. The number of amides is 1. The van der Waals surface area contributed by atoms with Crippen LogP contribution in [0.2, 0.25) is 0 Å². The summed E-state index contributed by atoms with van der Waals surface area (Å²) in [4.78, 5) is 14.0. The number of benzene rings is 1. The van der Waals surface area contributed by atoms with Crippen LogP contribution in [0.4, 0.5) is 14.5 Å².